The van der Waals surface area contributed by atoms with Gasteiger partial charge in [0.1, 0.15) is 11.5 Å². The molecule has 0 amide bonds. The van der Waals surface area contributed by atoms with E-state index in [-0.39, 0.29) is 0 Å². The second-order valence-corrected chi connectivity index (χ2v) is 5.87. The van der Waals surface area contributed by atoms with E-state index < -0.39 is 0 Å². The van der Waals surface area contributed by atoms with Crippen molar-refractivity contribution in [3.05, 3.63) is 55.9 Å². The van der Waals surface area contributed by atoms with Gasteiger partial charge in [0.25, 0.3) is 0 Å². The Morgan fingerprint density at radius 3 is 2.28 bits per heavy atom. The molecule has 0 aromatic heterocycles. The highest BCUT2D eigenvalue weighted by molar-refractivity contribution is 9.10. The number of hydrogen-bond acceptors (Lipinski definition) is 2. The second kappa shape index (κ2) is 6.06. The largest absolute Gasteiger partial charge is 0.455 e. The van der Waals surface area contributed by atoms with Crippen LogP contribution in [0.1, 0.15) is 5.56 Å². The van der Waals surface area contributed by atoms with Crippen molar-refractivity contribution < 1.29 is 4.74 Å². The normalized spacial score (nSPS) is 10.4. The summed E-state index contributed by atoms with van der Waals surface area (Å²) in [5, 5.41) is 0.557. The third-order valence-electron chi connectivity index (χ3n) is 2.36. The Labute approximate surface area is 127 Å². The van der Waals surface area contributed by atoms with Gasteiger partial charge in [-0.25, -0.2) is 0 Å². The number of nitrogens with two attached hydrogens (primary N) is 1. The average Bonchev–Trinajstić information content (AvgIpc) is 2.34. The molecule has 2 N–H and O–H groups in total. The number of hydrogen-bond donors (Lipinski definition) is 1. The van der Waals surface area contributed by atoms with Crippen LogP contribution in [-0.2, 0) is 6.54 Å². The molecule has 94 valence electrons. The maximum absolute atomic E-state index is 6.09. The number of halogens is 3. The van der Waals surface area contributed by atoms with Gasteiger partial charge >= 0.3 is 0 Å². The van der Waals surface area contributed by atoms with Gasteiger partial charge in [0, 0.05) is 21.1 Å². The fraction of sp³-hybridized carbons (Fsp3) is 0.0769. The highest BCUT2D eigenvalue weighted by Crippen LogP contribution is 2.34. The van der Waals surface area contributed by atoms with Crippen LogP contribution in [0.4, 0.5) is 0 Å². The summed E-state index contributed by atoms with van der Waals surface area (Å²) >= 11 is 12.9. The molecular weight excluding hydrogens is 381 g/mol. The molecule has 5 heteroatoms. The Hall–Kier alpha value is -0.550. The summed E-state index contributed by atoms with van der Waals surface area (Å²) in [5.74, 6) is 1.30. The topological polar surface area (TPSA) is 35.2 Å². The molecule has 2 aromatic carbocycles. The standard InChI is InChI=1S/C13H10Br2ClNO/c14-9-2-1-8(7-17)12(5-9)18-13-6-10(15)3-4-11(13)16/h1-6H,7,17H2. The molecule has 0 aliphatic rings. The predicted octanol–water partition coefficient (Wildman–Crippen LogP) is 5.12. The van der Waals surface area contributed by atoms with Crippen LogP contribution in [0.2, 0.25) is 5.02 Å². The minimum atomic E-state index is 0.411. The molecule has 2 aromatic rings. The van der Waals surface area contributed by atoms with Crippen molar-refractivity contribution in [2.45, 2.75) is 6.54 Å². The number of ether oxygens (including phenoxy) is 1. The molecule has 0 radical (unpaired) electrons. The van der Waals surface area contributed by atoms with Crippen molar-refractivity contribution in [3.8, 4) is 11.5 Å². The fourth-order valence-corrected chi connectivity index (χ4v) is 2.30. The van der Waals surface area contributed by atoms with Gasteiger partial charge in [-0.1, -0.05) is 49.5 Å². The van der Waals surface area contributed by atoms with Crippen LogP contribution >= 0.6 is 43.5 Å². The van der Waals surface area contributed by atoms with Crippen molar-refractivity contribution in [2.24, 2.45) is 5.73 Å². The van der Waals surface area contributed by atoms with Crippen molar-refractivity contribution in [1.29, 1.82) is 0 Å². The Morgan fingerprint density at radius 2 is 1.61 bits per heavy atom. The highest BCUT2D eigenvalue weighted by Gasteiger charge is 2.08. The molecule has 0 atom stereocenters. The Balaban J connectivity index is 2.38. The number of rotatable bonds is 3. The average molecular weight is 391 g/mol. The first-order chi connectivity index (χ1) is 8.60. The molecule has 0 aliphatic carbocycles. The molecule has 2 rings (SSSR count). The van der Waals surface area contributed by atoms with E-state index in [1.54, 1.807) is 6.07 Å². The van der Waals surface area contributed by atoms with Crippen LogP contribution in [0, 0.1) is 0 Å². The van der Waals surface area contributed by atoms with E-state index in [0.717, 1.165) is 14.5 Å². The zero-order valence-corrected chi connectivity index (χ0v) is 13.2. The van der Waals surface area contributed by atoms with Gasteiger partial charge in [-0.3, -0.25) is 0 Å². The molecule has 0 saturated carbocycles. The summed E-state index contributed by atoms with van der Waals surface area (Å²) in [7, 11) is 0. The van der Waals surface area contributed by atoms with Crippen LogP contribution < -0.4 is 10.5 Å². The Kier molecular flexibility index (Phi) is 4.67. The van der Waals surface area contributed by atoms with Crippen molar-refractivity contribution in [2.75, 3.05) is 0 Å². The Bertz CT molecular complexity index is 575. The Morgan fingerprint density at radius 1 is 1.00 bits per heavy atom. The van der Waals surface area contributed by atoms with Crippen LogP contribution in [0.5, 0.6) is 11.5 Å². The minimum Gasteiger partial charge on any atom is -0.455 e. The lowest BCUT2D eigenvalue weighted by Crippen LogP contribution is -1.99. The van der Waals surface area contributed by atoms with E-state index in [0.29, 0.717) is 23.1 Å². The highest BCUT2D eigenvalue weighted by atomic mass is 79.9. The predicted molar refractivity (Wildman–Crippen MR) is 81.3 cm³/mol. The molecule has 0 heterocycles. The smallest absolute Gasteiger partial charge is 0.147 e. The van der Waals surface area contributed by atoms with Crippen LogP contribution in [0.15, 0.2) is 45.3 Å². The maximum Gasteiger partial charge on any atom is 0.147 e. The fourth-order valence-electron chi connectivity index (χ4n) is 1.47. The third kappa shape index (κ3) is 3.26. The second-order valence-electron chi connectivity index (χ2n) is 3.63. The molecule has 18 heavy (non-hydrogen) atoms. The first kappa shape index (κ1) is 13.9. The van der Waals surface area contributed by atoms with E-state index in [1.165, 1.54) is 0 Å². The van der Waals surface area contributed by atoms with Crippen molar-refractivity contribution in [3.63, 3.8) is 0 Å². The van der Waals surface area contributed by atoms with Crippen LogP contribution in [-0.4, -0.2) is 0 Å². The summed E-state index contributed by atoms with van der Waals surface area (Å²) in [6, 6.07) is 11.2. The van der Waals surface area contributed by atoms with Crippen molar-refractivity contribution >= 4 is 43.5 Å². The molecule has 0 bridgehead atoms. The molecule has 0 saturated heterocycles. The van der Waals surface area contributed by atoms with E-state index in [9.17, 15) is 0 Å². The lowest BCUT2D eigenvalue weighted by atomic mass is 10.2. The summed E-state index contributed by atoms with van der Waals surface area (Å²) in [5.41, 5.74) is 6.61. The molecule has 2 nitrogen and oxygen atoms in total. The van der Waals surface area contributed by atoms with E-state index in [1.807, 2.05) is 30.3 Å². The van der Waals surface area contributed by atoms with Gasteiger partial charge in [-0.05, 0) is 30.3 Å². The van der Waals surface area contributed by atoms with Gasteiger partial charge in [0.2, 0.25) is 0 Å². The minimum absolute atomic E-state index is 0.411. The van der Waals surface area contributed by atoms with Gasteiger partial charge in [-0.15, -0.1) is 0 Å². The molecule has 0 aliphatic heterocycles. The van der Waals surface area contributed by atoms with E-state index in [2.05, 4.69) is 31.9 Å². The third-order valence-corrected chi connectivity index (χ3v) is 3.66. The van der Waals surface area contributed by atoms with Crippen LogP contribution in [0.25, 0.3) is 0 Å². The van der Waals surface area contributed by atoms with Gasteiger partial charge in [0.15, 0.2) is 0 Å². The summed E-state index contributed by atoms with van der Waals surface area (Å²) < 4.78 is 7.66. The summed E-state index contributed by atoms with van der Waals surface area (Å²) in [6.45, 7) is 0.411. The van der Waals surface area contributed by atoms with Gasteiger partial charge < -0.3 is 10.5 Å². The van der Waals surface area contributed by atoms with Crippen molar-refractivity contribution in [1.82, 2.24) is 0 Å². The maximum atomic E-state index is 6.09. The first-order valence-corrected chi connectivity index (χ1v) is 7.18. The van der Waals surface area contributed by atoms with Gasteiger partial charge in [0.05, 0.1) is 5.02 Å². The summed E-state index contributed by atoms with van der Waals surface area (Å²) in [4.78, 5) is 0. The number of benzene rings is 2. The van der Waals surface area contributed by atoms with Gasteiger partial charge in [-0.2, -0.15) is 0 Å². The summed E-state index contributed by atoms with van der Waals surface area (Å²) in [6.07, 6.45) is 0. The van der Waals surface area contributed by atoms with E-state index >= 15 is 0 Å². The zero-order valence-electron chi connectivity index (χ0n) is 9.29. The van der Waals surface area contributed by atoms with E-state index in [4.69, 9.17) is 22.1 Å². The molecule has 0 unspecified atom stereocenters. The van der Waals surface area contributed by atoms with Crippen LogP contribution in [0.3, 0.4) is 0 Å². The monoisotopic (exact) mass is 389 g/mol. The SMILES string of the molecule is NCc1ccc(Br)cc1Oc1cc(Br)ccc1Cl. The quantitative estimate of drug-likeness (QED) is 0.789. The molecular formula is C13H10Br2ClNO. The lowest BCUT2D eigenvalue weighted by Gasteiger charge is -2.12. The lowest BCUT2D eigenvalue weighted by molar-refractivity contribution is 0.476. The molecule has 0 fully saturated rings. The molecule has 0 spiro atoms. The first-order valence-electron chi connectivity index (χ1n) is 5.21. The zero-order chi connectivity index (χ0) is 13.1.